The van der Waals surface area contributed by atoms with Gasteiger partial charge in [-0.05, 0) is 185 Å². The first-order valence-electron chi connectivity index (χ1n) is 31.1. The molecule has 15 aromatic rings. The molecule has 14 heteroatoms. The van der Waals surface area contributed by atoms with Crippen molar-refractivity contribution >= 4 is 43.7 Å². The Balaban J connectivity index is 0.000000151. The fourth-order valence-corrected chi connectivity index (χ4v) is 9.44. The molecule has 0 amide bonds. The van der Waals surface area contributed by atoms with Crippen LogP contribution in [0.3, 0.4) is 0 Å². The molecule has 8 heterocycles. The summed E-state index contributed by atoms with van der Waals surface area (Å²) in [5, 5.41) is 3.85. The monoisotopic (exact) mass is 1250 g/mol. The first-order chi connectivity index (χ1) is 46.0. The topological polar surface area (TPSA) is 180 Å². The van der Waals surface area contributed by atoms with Crippen molar-refractivity contribution in [1.29, 1.82) is 0 Å². The molecule has 0 radical (unpaired) electrons. The lowest BCUT2D eigenvalue weighted by Crippen LogP contribution is -2.14. The van der Waals surface area contributed by atoms with Crippen LogP contribution in [0.15, 0.2) is 281 Å². The maximum atomic E-state index is 4.24. The highest BCUT2D eigenvalue weighted by atomic mass is 15.0. The first-order valence-corrected chi connectivity index (χ1v) is 31.1. The van der Waals surface area contributed by atoms with Crippen LogP contribution in [0.5, 0.6) is 0 Å². The van der Waals surface area contributed by atoms with Crippen molar-refractivity contribution in [2.45, 2.75) is 88.5 Å². The van der Waals surface area contributed by atoms with Crippen molar-refractivity contribution in [2.75, 3.05) is 0 Å². The summed E-state index contributed by atoms with van der Waals surface area (Å²) < 4.78 is 0. The van der Waals surface area contributed by atoms with Crippen LogP contribution in [-0.4, -0.2) is 69.8 Å². The Bertz CT molecular complexity index is 4280. The second kappa shape index (κ2) is 37.6. The summed E-state index contributed by atoms with van der Waals surface area (Å²) in [6.45, 7) is 24.7. The van der Waals surface area contributed by atoms with Crippen LogP contribution < -0.4 is 0 Å². The van der Waals surface area contributed by atoms with E-state index in [0.29, 0.717) is 0 Å². The largest absolute Gasteiger partial charge is 0.264 e. The van der Waals surface area contributed by atoms with Crippen molar-refractivity contribution in [3.05, 3.63) is 349 Å². The highest BCUT2D eigenvalue weighted by molar-refractivity contribution is 5.83. The highest BCUT2D eigenvalue weighted by Crippen LogP contribution is 2.48. The molecule has 95 heavy (non-hydrogen) atoms. The summed E-state index contributed by atoms with van der Waals surface area (Å²) in [7, 11) is 0. The van der Waals surface area contributed by atoms with Crippen molar-refractivity contribution in [1.82, 2.24) is 69.8 Å². The third-order valence-electron chi connectivity index (χ3n) is 14.4. The number of pyridine rings is 3. The first kappa shape index (κ1) is 70.8. The van der Waals surface area contributed by atoms with E-state index in [1.54, 1.807) is 61.8 Å². The molecule has 0 saturated heterocycles. The van der Waals surface area contributed by atoms with E-state index >= 15 is 0 Å². The van der Waals surface area contributed by atoms with Gasteiger partial charge in [-0.1, -0.05) is 158 Å². The van der Waals surface area contributed by atoms with E-state index < -0.39 is 0 Å². The number of fused-ring (bicyclic) bond motifs is 7. The van der Waals surface area contributed by atoms with Crippen LogP contribution in [0.2, 0.25) is 0 Å². The average molecular weight is 1250 g/mol. The summed E-state index contributed by atoms with van der Waals surface area (Å²) in [5.41, 5.74) is 20.5. The van der Waals surface area contributed by atoms with Crippen molar-refractivity contribution in [3.8, 4) is 11.1 Å². The molecular formula is C81H82N14. The van der Waals surface area contributed by atoms with Crippen LogP contribution >= 0.6 is 0 Å². The van der Waals surface area contributed by atoms with E-state index in [2.05, 4.69) is 214 Å². The van der Waals surface area contributed by atoms with Gasteiger partial charge >= 0.3 is 0 Å². The van der Waals surface area contributed by atoms with Crippen molar-refractivity contribution < 1.29 is 0 Å². The lowest BCUT2D eigenvalue weighted by atomic mass is 9.82. The van der Waals surface area contributed by atoms with E-state index in [-0.39, 0.29) is 5.41 Å². The zero-order valence-electron chi connectivity index (χ0n) is 56.3. The zero-order valence-corrected chi connectivity index (χ0v) is 56.3. The fraction of sp³-hybridized carbons (Fsp3) is 0.160. The Morgan fingerprint density at radius 2 is 0.811 bits per heavy atom. The minimum atomic E-state index is 0.151. The predicted molar refractivity (Wildman–Crippen MR) is 389 cm³/mol. The fourth-order valence-electron chi connectivity index (χ4n) is 9.44. The van der Waals surface area contributed by atoms with E-state index in [9.17, 15) is 0 Å². The number of aromatic nitrogens is 14. The number of rotatable bonds is 0. The molecule has 0 spiro atoms. The van der Waals surface area contributed by atoms with E-state index in [4.69, 9.17) is 0 Å². The quantitative estimate of drug-likeness (QED) is 0.140. The lowest BCUT2D eigenvalue weighted by molar-refractivity contribution is 0.660. The Kier molecular flexibility index (Phi) is 28.1. The number of hydrogen-bond donors (Lipinski definition) is 0. The smallest absolute Gasteiger partial charge is 0.128 e. The molecule has 1 aliphatic carbocycles. The highest BCUT2D eigenvalue weighted by Gasteiger charge is 2.34. The minimum Gasteiger partial charge on any atom is -0.264 e. The van der Waals surface area contributed by atoms with Gasteiger partial charge in [0.1, 0.15) is 30.6 Å². The number of benzene rings is 7. The SMILES string of the molecule is Cc1ccc2c(c1)C(C)(C)c1ccccc1-2.Cc1ccc2ccccc2c1.Cc1ccc2cccnc2c1.Cc1ccc2nccnc2c1.Cc1cccc2nccnc12.Cc1ccccn1.Cc1cccnc1.Cc1ccncn1.Cc1ncccn1.Cc1ncncn1. The van der Waals surface area contributed by atoms with Gasteiger partial charge in [0.15, 0.2) is 0 Å². The molecule has 8 aromatic heterocycles. The summed E-state index contributed by atoms with van der Waals surface area (Å²) in [6, 6.07) is 66.3. The molecule has 16 rings (SSSR count). The zero-order chi connectivity index (χ0) is 67.6. The summed E-state index contributed by atoms with van der Waals surface area (Å²) in [4.78, 5) is 55.3. The van der Waals surface area contributed by atoms with E-state index in [1.807, 2.05) is 140 Å². The van der Waals surface area contributed by atoms with Gasteiger partial charge in [0, 0.05) is 90.4 Å². The second-order valence-electron chi connectivity index (χ2n) is 22.7. The molecule has 14 nitrogen and oxygen atoms in total. The third kappa shape index (κ3) is 23.8. The average Bonchev–Trinajstić information content (AvgIpc) is 1.59. The molecule has 0 N–H and O–H groups in total. The Morgan fingerprint density at radius 1 is 0.263 bits per heavy atom. The molecular weight excluding hydrogens is 1170 g/mol. The molecule has 0 atom stereocenters. The summed E-state index contributed by atoms with van der Waals surface area (Å²) in [5.74, 6) is 1.58. The van der Waals surface area contributed by atoms with Gasteiger partial charge in [-0.25, -0.2) is 34.9 Å². The van der Waals surface area contributed by atoms with Gasteiger partial charge < -0.3 is 0 Å². The van der Waals surface area contributed by atoms with Crippen LogP contribution in [0, 0.1) is 69.2 Å². The Hall–Kier alpha value is -11.6. The minimum absolute atomic E-state index is 0.151. The third-order valence-corrected chi connectivity index (χ3v) is 14.4. The number of nitrogens with zero attached hydrogens (tertiary/aromatic N) is 14. The van der Waals surface area contributed by atoms with Gasteiger partial charge in [0.2, 0.25) is 0 Å². The number of aryl methyl sites for hydroxylation is 10. The van der Waals surface area contributed by atoms with Crippen LogP contribution in [0.1, 0.15) is 81.4 Å². The predicted octanol–water partition coefficient (Wildman–Crippen LogP) is 18.4. The van der Waals surface area contributed by atoms with Gasteiger partial charge in [0.05, 0.1) is 27.6 Å². The van der Waals surface area contributed by atoms with Crippen LogP contribution in [0.4, 0.5) is 0 Å². The van der Waals surface area contributed by atoms with Gasteiger partial charge in [-0.2, -0.15) is 0 Å². The van der Waals surface area contributed by atoms with E-state index in [1.165, 1.54) is 90.8 Å². The molecule has 7 aromatic carbocycles. The van der Waals surface area contributed by atoms with Crippen LogP contribution in [0.25, 0.3) is 54.9 Å². The van der Waals surface area contributed by atoms with Gasteiger partial charge in [0.25, 0.3) is 0 Å². The lowest BCUT2D eigenvalue weighted by Gasteiger charge is -2.21. The number of para-hydroxylation sites is 1. The molecule has 0 bridgehead atoms. The Labute approximate surface area is 559 Å². The molecule has 1 aliphatic rings. The second-order valence-corrected chi connectivity index (χ2v) is 22.7. The number of hydrogen-bond acceptors (Lipinski definition) is 14. The summed E-state index contributed by atoms with van der Waals surface area (Å²) >= 11 is 0. The van der Waals surface area contributed by atoms with Gasteiger partial charge in [-0.3, -0.25) is 34.9 Å². The molecule has 476 valence electrons. The molecule has 0 saturated carbocycles. The maximum absolute atomic E-state index is 4.24. The van der Waals surface area contributed by atoms with Gasteiger partial charge in [-0.15, -0.1) is 0 Å². The molecule has 0 fully saturated rings. The standard InChI is InChI=1S/C16H16.C11H10.C10H9N.2C9H8N2.2C6H7N.2C5H6N2.C4H5N3/c1-11-8-9-13-12-6-4-5-7-14(12)16(2,3)15(13)10-11;1-9-6-7-10-4-2-3-5-11(10)8-9;1-8-4-5-9-3-2-6-11-10(9)7-8;1-7-2-3-8-9(6-7)11-5-4-10-8;1-7-3-2-4-8-9(7)11-6-5-10-8;1-6-3-2-4-7-5-6;1-6-4-2-3-5-7-6;1-5-2-3-6-4-7-5;1-5-6-3-2-4-7-5;1-4-6-2-5-3-7-4/h4-10H,1-3H3;2-8H,1H3;2-7H,1H3;2*2-6H,1H3;2*2-5H,1H3;2*2-4H,1H3;2-3H,1H3. The molecule has 0 aliphatic heterocycles. The van der Waals surface area contributed by atoms with Crippen molar-refractivity contribution in [3.63, 3.8) is 0 Å². The Morgan fingerprint density at radius 3 is 1.41 bits per heavy atom. The van der Waals surface area contributed by atoms with E-state index in [0.717, 1.165) is 50.6 Å². The van der Waals surface area contributed by atoms with Crippen molar-refractivity contribution in [2.24, 2.45) is 0 Å². The molecule has 0 unspecified atom stereocenters. The summed E-state index contributed by atoms with van der Waals surface area (Å²) in [6.07, 6.45) is 23.7. The normalized spacial score (nSPS) is 10.6. The van der Waals surface area contributed by atoms with Crippen LogP contribution in [-0.2, 0) is 5.41 Å². The maximum Gasteiger partial charge on any atom is 0.128 e.